The minimum absolute atomic E-state index is 0.00313. The van der Waals surface area contributed by atoms with Crippen LogP contribution in [0.3, 0.4) is 0 Å². The number of fused-ring (bicyclic) bond motifs is 3. The highest BCUT2D eigenvalue weighted by Crippen LogP contribution is 2.62. The van der Waals surface area contributed by atoms with E-state index in [1.165, 1.54) is 33.1 Å². The molecule has 2 bridgehead atoms. The van der Waals surface area contributed by atoms with Gasteiger partial charge >= 0.3 is 11.9 Å². The Bertz CT molecular complexity index is 408. The van der Waals surface area contributed by atoms with Crippen molar-refractivity contribution in [2.45, 2.75) is 64.2 Å². The third-order valence-electron chi connectivity index (χ3n) is 5.67. The fourth-order valence-corrected chi connectivity index (χ4v) is 4.97. The first kappa shape index (κ1) is 13.9. The summed E-state index contributed by atoms with van der Waals surface area (Å²) in [5, 5.41) is 0. The Morgan fingerprint density at radius 1 is 1.05 bits per heavy atom. The zero-order valence-electron chi connectivity index (χ0n) is 12.1. The predicted molar refractivity (Wildman–Crippen MR) is 71.6 cm³/mol. The molecule has 5 nitrogen and oxygen atoms in total. The maximum Gasteiger partial charge on any atom is 0.303 e. The molecule has 0 aromatic rings. The molecule has 0 aliphatic heterocycles. The molecular formula is C15H23NO4. The van der Waals surface area contributed by atoms with Crippen LogP contribution in [-0.4, -0.2) is 30.2 Å². The van der Waals surface area contributed by atoms with Crippen LogP contribution in [0.1, 0.15) is 46.0 Å². The number of esters is 2. The summed E-state index contributed by atoms with van der Waals surface area (Å²) < 4.78 is 10.8. The monoisotopic (exact) mass is 281 g/mol. The number of rotatable bonds is 2. The lowest BCUT2D eigenvalue weighted by Crippen LogP contribution is -2.45. The van der Waals surface area contributed by atoms with E-state index in [-0.39, 0.29) is 35.6 Å². The normalized spacial score (nSPS) is 45.9. The number of hydrogen-bond acceptors (Lipinski definition) is 5. The maximum atomic E-state index is 11.3. The molecule has 0 amide bonds. The van der Waals surface area contributed by atoms with Crippen LogP contribution < -0.4 is 5.73 Å². The molecule has 2 N–H and O–H groups in total. The van der Waals surface area contributed by atoms with Gasteiger partial charge < -0.3 is 15.2 Å². The Kier molecular flexibility index (Phi) is 3.27. The lowest BCUT2D eigenvalue weighted by molar-refractivity contribution is -0.162. The third kappa shape index (κ3) is 2.03. The van der Waals surface area contributed by atoms with Crippen LogP contribution in [0.5, 0.6) is 0 Å². The van der Waals surface area contributed by atoms with Gasteiger partial charge in [0.1, 0.15) is 12.2 Å². The summed E-state index contributed by atoms with van der Waals surface area (Å²) in [6, 6.07) is 0.153. The van der Waals surface area contributed by atoms with Crippen LogP contribution in [-0.2, 0) is 19.1 Å². The van der Waals surface area contributed by atoms with Crippen molar-refractivity contribution >= 4 is 11.9 Å². The first-order chi connectivity index (χ1) is 9.42. The fourth-order valence-electron chi connectivity index (χ4n) is 4.97. The molecule has 5 heteroatoms. The van der Waals surface area contributed by atoms with E-state index < -0.39 is 0 Å². The van der Waals surface area contributed by atoms with Crippen molar-refractivity contribution < 1.29 is 19.1 Å². The predicted octanol–water partition coefficient (Wildman–Crippen LogP) is 1.39. The Morgan fingerprint density at radius 3 is 2.00 bits per heavy atom. The van der Waals surface area contributed by atoms with Crippen molar-refractivity contribution in [2.24, 2.45) is 23.0 Å². The highest BCUT2D eigenvalue weighted by atomic mass is 16.6. The average Bonchev–Trinajstić information content (AvgIpc) is 2.98. The molecule has 2 unspecified atom stereocenters. The van der Waals surface area contributed by atoms with Crippen molar-refractivity contribution in [1.82, 2.24) is 0 Å². The van der Waals surface area contributed by atoms with E-state index in [0.29, 0.717) is 11.8 Å². The molecule has 0 aromatic carbocycles. The SMILES string of the molecule is CC(=O)OC1CC2(C[C@@H]1OC(C)=O)[C@H]1CC[C@H](C1)[C@H]2N. The van der Waals surface area contributed by atoms with Gasteiger partial charge in [-0.3, -0.25) is 9.59 Å². The molecule has 20 heavy (non-hydrogen) atoms. The summed E-state index contributed by atoms with van der Waals surface area (Å²) in [4.78, 5) is 22.6. The molecule has 3 saturated carbocycles. The average molecular weight is 281 g/mol. The molecule has 112 valence electrons. The fraction of sp³-hybridized carbons (Fsp3) is 0.867. The molecule has 0 aromatic heterocycles. The van der Waals surface area contributed by atoms with E-state index in [0.717, 1.165) is 12.8 Å². The second kappa shape index (κ2) is 4.72. The van der Waals surface area contributed by atoms with Crippen LogP contribution in [0.4, 0.5) is 0 Å². The largest absolute Gasteiger partial charge is 0.459 e. The van der Waals surface area contributed by atoms with Crippen molar-refractivity contribution in [1.29, 1.82) is 0 Å². The summed E-state index contributed by atoms with van der Waals surface area (Å²) in [5.74, 6) is 0.553. The molecule has 3 rings (SSSR count). The zero-order valence-corrected chi connectivity index (χ0v) is 12.1. The maximum absolute atomic E-state index is 11.3. The minimum Gasteiger partial charge on any atom is -0.459 e. The lowest BCUT2D eigenvalue weighted by Gasteiger charge is -2.39. The number of hydrogen-bond donors (Lipinski definition) is 1. The molecular weight excluding hydrogens is 258 g/mol. The van der Waals surface area contributed by atoms with Gasteiger partial charge in [-0.25, -0.2) is 0 Å². The van der Waals surface area contributed by atoms with Gasteiger partial charge in [0.2, 0.25) is 0 Å². The van der Waals surface area contributed by atoms with Gasteiger partial charge in [0.15, 0.2) is 0 Å². The van der Waals surface area contributed by atoms with Crippen LogP contribution in [0, 0.1) is 17.3 Å². The summed E-state index contributed by atoms with van der Waals surface area (Å²) in [5.41, 5.74) is 6.47. The molecule has 0 heterocycles. The van der Waals surface area contributed by atoms with E-state index in [2.05, 4.69) is 0 Å². The highest BCUT2D eigenvalue weighted by Gasteiger charge is 2.62. The number of carbonyl (C=O) groups excluding carboxylic acids is 2. The van der Waals surface area contributed by atoms with E-state index >= 15 is 0 Å². The van der Waals surface area contributed by atoms with Gasteiger partial charge in [0.05, 0.1) is 0 Å². The highest BCUT2D eigenvalue weighted by molar-refractivity contribution is 5.67. The van der Waals surface area contributed by atoms with Gasteiger partial charge in [0.25, 0.3) is 0 Å². The topological polar surface area (TPSA) is 78.6 Å². The molecule has 6 atom stereocenters. The number of carbonyl (C=O) groups is 2. The van der Waals surface area contributed by atoms with Crippen LogP contribution in [0.2, 0.25) is 0 Å². The summed E-state index contributed by atoms with van der Waals surface area (Å²) in [6.07, 6.45) is 4.42. The van der Waals surface area contributed by atoms with E-state index in [1.54, 1.807) is 0 Å². The van der Waals surface area contributed by atoms with Crippen molar-refractivity contribution in [3.8, 4) is 0 Å². The lowest BCUT2D eigenvalue weighted by atomic mass is 9.69. The summed E-state index contributed by atoms with van der Waals surface area (Å²) in [6.45, 7) is 2.80. The zero-order chi connectivity index (χ0) is 14.5. The minimum atomic E-state index is -0.332. The van der Waals surface area contributed by atoms with Crippen molar-refractivity contribution in [3.05, 3.63) is 0 Å². The molecule has 1 spiro atoms. The first-order valence-electron chi connectivity index (χ1n) is 7.52. The third-order valence-corrected chi connectivity index (χ3v) is 5.67. The molecule has 3 fully saturated rings. The second-order valence-corrected chi connectivity index (χ2v) is 6.73. The summed E-state index contributed by atoms with van der Waals surface area (Å²) in [7, 11) is 0. The van der Waals surface area contributed by atoms with E-state index in [4.69, 9.17) is 15.2 Å². The van der Waals surface area contributed by atoms with Crippen LogP contribution >= 0.6 is 0 Å². The number of ether oxygens (including phenoxy) is 2. The smallest absolute Gasteiger partial charge is 0.303 e. The molecule has 3 aliphatic rings. The Labute approximate surface area is 119 Å². The van der Waals surface area contributed by atoms with Crippen molar-refractivity contribution in [2.75, 3.05) is 0 Å². The Morgan fingerprint density at radius 2 is 1.60 bits per heavy atom. The molecule has 0 radical (unpaired) electrons. The quantitative estimate of drug-likeness (QED) is 0.774. The molecule has 0 saturated heterocycles. The van der Waals surface area contributed by atoms with Gasteiger partial charge in [-0.1, -0.05) is 0 Å². The van der Waals surface area contributed by atoms with E-state index in [1.807, 2.05) is 0 Å². The Hall–Kier alpha value is -1.10. The summed E-state index contributed by atoms with van der Waals surface area (Å²) >= 11 is 0. The van der Waals surface area contributed by atoms with Gasteiger partial charge in [0, 0.05) is 19.9 Å². The first-order valence-corrected chi connectivity index (χ1v) is 7.52. The van der Waals surface area contributed by atoms with E-state index in [9.17, 15) is 9.59 Å². The van der Waals surface area contributed by atoms with Gasteiger partial charge in [-0.15, -0.1) is 0 Å². The van der Waals surface area contributed by atoms with Crippen LogP contribution in [0.15, 0.2) is 0 Å². The van der Waals surface area contributed by atoms with Crippen LogP contribution in [0.25, 0.3) is 0 Å². The second-order valence-electron chi connectivity index (χ2n) is 6.73. The van der Waals surface area contributed by atoms with Gasteiger partial charge in [-0.05, 0) is 49.4 Å². The van der Waals surface area contributed by atoms with Crippen molar-refractivity contribution in [3.63, 3.8) is 0 Å². The molecule has 3 aliphatic carbocycles. The number of nitrogens with two attached hydrogens (primary N) is 1. The standard InChI is InChI=1S/C15H23NO4/c1-8(17)19-12-6-15(7-13(12)20-9(2)18)11-4-3-10(5-11)14(15)16/h10-14H,3-7,16H2,1-2H3/t10-,11+,12+,13?,14-,15?/m1/s1. The Balaban J connectivity index is 1.81. The van der Waals surface area contributed by atoms with Gasteiger partial charge in [-0.2, -0.15) is 0 Å².